The molecule has 2 amide bonds. The molecule has 2 aliphatic carbocycles. The van der Waals surface area contributed by atoms with E-state index in [2.05, 4.69) is 21.3 Å². The Hall–Kier alpha value is -3.73. The van der Waals surface area contributed by atoms with Gasteiger partial charge in [-0.1, -0.05) is 23.7 Å². The molecule has 3 aliphatic rings. The second-order valence-electron chi connectivity index (χ2n) is 11.4. The molecule has 10 nitrogen and oxygen atoms in total. The van der Waals surface area contributed by atoms with E-state index < -0.39 is 6.04 Å². The summed E-state index contributed by atoms with van der Waals surface area (Å²) in [5.74, 6) is -0.247. The van der Waals surface area contributed by atoms with E-state index in [9.17, 15) is 9.59 Å². The minimum atomic E-state index is -0.528. The molecule has 6 rings (SSSR count). The van der Waals surface area contributed by atoms with Crippen LogP contribution in [0.4, 0.5) is 4.79 Å². The molecule has 2 fully saturated rings. The van der Waals surface area contributed by atoms with Crippen LogP contribution in [0.15, 0.2) is 49.1 Å². The van der Waals surface area contributed by atoms with Gasteiger partial charge >= 0.3 is 6.09 Å². The standard InChI is InChI=1S/C31H35ClN6O4/c1-31(8-9-31)42-30(40)38-13-11-37(12-14-38)29-22-7-6-21(32)16-23(22)24(15-20-5-4-10-34-27(20)29)28(35-26(39)18-41-3)25-17-33-19-36(25)2/h4-7,10,15-17,19,28-29H,8-9,11-14,18H2,1-3H3,(H,35,39). The first-order chi connectivity index (χ1) is 20.3. The summed E-state index contributed by atoms with van der Waals surface area (Å²) in [5, 5.41) is 3.75. The summed E-state index contributed by atoms with van der Waals surface area (Å²) >= 11 is 6.63. The zero-order valence-corrected chi connectivity index (χ0v) is 24.8. The van der Waals surface area contributed by atoms with Crippen molar-refractivity contribution in [2.75, 3.05) is 39.9 Å². The molecule has 3 aromatic rings. The minimum absolute atomic E-state index is 0.0728. The molecule has 0 radical (unpaired) electrons. The van der Waals surface area contributed by atoms with Crippen LogP contribution in [0.3, 0.4) is 0 Å². The van der Waals surface area contributed by atoms with Crippen LogP contribution in [0.2, 0.25) is 5.02 Å². The predicted octanol–water partition coefficient (Wildman–Crippen LogP) is 4.22. The van der Waals surface area contributed by atoms with Crippen LogP contribution in [0.25, 0.3) is 11.6 Å². The highest BCUT2D eigenvalue weighted by atomic mass is 35.5. The molecular formula is C31H35ClN6O4. The lowest BCUT2D eigenvalue weighted by Crippen LogP contribution is -2.50. The van der Waals surface area contributed by atoms with Crippen molar-refractivity contribution in [1.29, 1.82) is 0 Å². The maximum Gasteiger partial charge on any atom is 0.410 e. The predicted molar refractivity (Wildman–Crippen MR) is 159 cm³/mol. The van der Waals surface area contributed by atoms with Crippen molar-refractivity contribution in [2.45, 2.75) is 37.5 Å². The first-order valence-corrected chi connectivity index (χ1v) is 14.6. The number of aromatic nitrogens is 3. The van der Waals surface area contributed by atoms with Crippen molar-refractivity contribution in [3.05, 3.63) is 82.2 Å². The number of carbonyl (C=O) groups is 2. The lowest BCUT2D eigenvalue weighted by Gasteiger charge is -2.39. The van der Waals surface area contributed by atoms with Crippen molar-refractivity contribution in [3.8, 4) is 0 Å². The fourth-order valence-electron chi connectivity index (χ4n) is 5.80. The maximum absolute atomic E-state index is 12.9. The zero-order chi connectivity index (χ0) is 29.4. The molecule has 1 saturated heterocycles. The van der Waals surface area contributed by atoms with Crippen LogP contribution in [-0.2, 0) is 21.3 Å². The van der Waals surface area contributed by atoms with Gasteiger partial charge in [-0.25, -0.2) is 9.78 Å². The van der Waals surface area contributed by atoms with Crippen molar-refractivity contribution in [3.63, 3.8) is 0 Å². The van der Waals surface area contributed by atoms with Crippen LogP contribution in [0, 0.1) is 0 Å². The number of hydrogen-bond acceptors (Lipinski definition) is 7. The SMILES string of the molecule is COCC(=O)NC(C1=Cc2cccnc2C(N2CCN(C(=O)OC3(C)CC3)CC2)c2ccc(Cl)cc21)c1cncn1C. The van der Waals surface area contributed by atoms with Crippen LogP contribution in [-0.4, -0.2) is 81.8 Å². The zero-order valence-electron chi connectivity index (χ0n) is 24.0. The maximum atomic E-state index is 12.9. The third kappa shape index (κ3) is 5.66. The van der Waals surface area contributed by atoms with E-state index in [-0.39, 0.29) is 30.3 Å². The fourth-order valence-corrected chi connectivity index (χ4v) is 5.98. The van der Waals surface area contributed by atoms with Gasteiger partial charge in [-0.3, -0.25) is 14.7 Å². The van der Waals surface area contributed by atoms with Gasteiger partial charge in [-0.05, 0) is 66.3 Å². The van der Waals surface area contributed by atoms with E-state index in [0.717, 1.165) is 46.5 Å². The Balaban J connectivity index is 1.40. The first kappa shape index (κ1) is 28.4. The molecule has 2 unspecified atom stereocenters. The van der Waals surface area contributed by atoms with E-state index in [1.807, 2.05) is 55.1 Å². The number of pyridine rings is 1. The smallest absolute Gasteiger partial charge is 0.410 e. The fraction of sp³-hybridized carbons (Fsp3) is 0.419. The Labute approximate surface area is 250 Å². The lowest BCUT2D eigenvalue weighted by molar-refractivity contribution is -0.125. The normalized spacial score (nSPS) is 20.0. The summed E-state index contributed by atoms with van der Waals surface area (Å²) in [6.45, 7) is 4.33. The molecule has 0 bridgehead atoms. The number of halogens is 1. The van der Waals surface area contributed by atoms with E-state index in [4.69, 9.17) is 26.1 Å². The number of hydrogen-bond donors (Lipinski definition) is 1. The largest absolute Gasteiger partial charge is 0.443 e. The highest BCUT2D eigenvalue weighted by molar-refractivity contribution is 6.30. The second kappa shape index (κ2) is 11.5. The van der Waals surface area contributed by atoms with Gasteiger partial charge in [0.25, 0.3) is 0 Å². The average molecular weight is 591 g/mol. The summed E-state index contributed by atoms with van der Waals surface area (Å²) in [7, 11) is 3.40. The van der Waals surface area contributed by atoms with Gasteiger partial charge in [0.2, 0.25) is 5.91 Å². The number of aryl methyl sites for hydroxylation is 1. The summed E-state index contributed by atoms with van der Waals surface area (Å²) in [4.78, 5) is 39.1. The average Bonchev–Trinajstić information content (AvgIpc) is 3.59. The number of methoxy groups -OCH3 is 1. The van der Waals surface area contributed by atoms with Gasteiger partial charge in [-0.2, -0.15) is 0 Å². The molecular weight excluding hydrogens is 556 g/mol. The summed E-state index contributed by atoms with van der Waals surface area (Å²) in [6, 6.07) is 9.14. The third-order valence-corrected chi connectivity index (χ3v) is 8.56. The molecule has 1 aromatic carbocycles. The Morgan fingerprint density at radius 1 is 1.19 bits per heavy atom. The van der Waals surface area contributed by atoms with Gasteiger partial charge < -0.3 is 24.3 Å². The Bertz CT molecular complexity index is 1530. The Morgan fingerprint density at radius 2 is 1.98 bits per heavy atom. The number of ether oxygens (including phenoxy) is 2. The number of carbonyl (C=O) groups excluding carboxylic acids is 2. The lowest BCUT2D eigenvalue weighted by atomic mass is 9.89. The number of piperazine rings is 1. The Morgan fingerprint density at radius 3 is 2.67 bits per heavy atom. The summed E-state index contributed by atoms with van der Waals surface area (Å²) < 4.78 is 12.8. The van der Waals surface area contributed by atoms with Crippen molar-refractivity contribution in [2.24, 2.45) is 7.05 Å². The van der Waals surface area contributed by atoms with Gasteiger partial charge in [0.15, 0.2) is 0 Å². The monoisotopic (exact) mass is 590 g/mol. The van der Waals surface area contributed by atoms with Crippen LogP contribution in [0.5, 0.6) is 0 Å². The molecule has 1 saturated carbocycles. The van der Waals surface area contributed by atoms with Gasteiger partial charge in [-0.15, -0.1) is 0 Å². The first-order valence-electron chi connectivity index (χ1n) is 14.2. The summed E-state index contributed by atoms with van der Waals surface area (Å²) in [6.07, 6.45) is 8.97. The molecule has 220 valence electrons. The van der Waals surface area contributed by atoms with Gasteiger partial charge in [0, 0.05) is 51.6 Å². The Kier molecular flexibility index (Phi) is 7.78. The number of fused-ring (bicyclic) bond motifs is 2. The molecule has 0 spiro atoms. The van der Waals surface area contributed by atoms with Crippen molar-refractivity contribution < 1.29 is 19.1 Å². The highest BCUT2D eigenvalue weighted by Crippen LogP contribution is 2.44. The molecule has 1 aliphatic heterocycles. The molecule has 3 heterocycles. The number of amides is 2. The minimum Gasteiger partial charge on any atom is -0.443 e. The van der Waals surface area contributed by atoms with Crippen LogP contribution >= 0.6 is 11.6 Å². The van der Waals surface area contributed by atoms with E-state index in [0.29, 0.717) is 31.2 Å². The van der Waals surface area contributed by atoms with Gasteiger partial charge in [0.05, 0.1) is 36.0 Å². The number of imidazole rings is 1. The van der Waals surface area contributed by atoms with Crippen molar-refractivity contribution in [1.82, 2.24) is 29.7 Å². The molecule has 11 heteroatoms. The van der Waals surface area contributed by atoms with E-state index in [1.54, 1.807) is 17.4 Å². The number of nitrogens with one attached hydrogen (secondary N) is 1. The molecule has 42 heavy (non-hydrogen) atoms. The van der Waals surface area contributed by atoms with E-state index in [1.165, 1.54) is 7.11 Å². The van der Waals surface area contributed by atoms with Gasteiger partial charge in [0.1, 0.15) is 12.2 Å². The molecule has 2 aromatic heterocycles. The summed E-state index contributed by atoms with van der Waals surface area (Å²) in [5.41, 5.74) is 5.18. The van der Waals surface area contributed by atoms with E-state index >= 15 is 0 Å². The van der Waals surface area contributed by atoms with Crippen LogP contribution < -0.4 is 5.32 Å². The molecule has 2 atom stereocenters. The topological polar surface area (TPSA) is 102 Å². The van der Waals surface area contributed by atoms with Crippen molar-refractivity contribution >= 4 is 35.3 Å². The highest BCUT2D eigenvalue weighted by Gasteiger charge is 2.43. The quantitative estimate of drug-likeness (QED) is 0.439. The second-order valence-corrected chi connectivity index (χ2v) is 11.9. The number of benzene rings is 1. The number of rotatable bonds is 7. The number of nitrogens with zero attached hydrogens (tertiary/aromatic N) is 5. The van der Waals surface area contributed by atoms with Crippen LogP contribution in [0.1, 0.15) is 59.9 Å². The third-order valence-electron chi connectivity index (χ3n) is 8.33. The molecule has 1 N–H and O–H groups in total.